The minimum absolute atomic E-state index is 0.0876. The van der Waals surface area contributed by atoms with Crippen molar-refractivity contribution in [2.45, 2.75) is 32.7 Å². The lowest BCUT2D eigenvalue weighted by molar-refractivity contribution is -0.149. The zero-order valence-corrected chi connectivity index (χ0v) is 20.2. The van der Waals surface area contributed by atoms with Crippen molar-refractivity contribution in [3.63, 3.8) is 0 Å². The van der Waals surface area contributed by atoms with E-state index in [4.69, 9.17) is 20.8 Å². The SMILES string of the molecule is CCOC(=O)C1CCN([C@@H](c2ccccc2Cl)c2cc(C)sc2NC(=O)c2ccco2)CC1. The average Bonchev–Trinajstić information content (AvgIpc) is 3.46. The van der Waals surface area contributed by atoms with Gasteiger partial charge >= 0.3 is 5.97 Å². The van der Waals surface area contributed by atoms with Gasteiger partial charge in [0, 0.05) is 15.5 Å². The molecule has 1 atom stereocenters. The van der Waals surface area contributed by atoms with Crippen molar-refractivity contribution in [2.24, 2.45) is 5.92 Å². The molecule has 1 saturated heterocycles. The van der Waals surface area contributed by atoms with E-state index in [9.17, 15) is 9.59 Å². The van der Waals surface area contributed by atoms with Crippen LogP contribution in [0.4, 0.5) is 5.00 Å². The Hall–Kier alpha value is -2.61. The van der Waals surface area contributed by atoms with Crippen LogP contribution < -0.4 is 5.32 Å². The Morgan fingerprint density at radius 1 is 1.21 bits per heavy atom. The topological polar surface area (TPSA) is 71.8 Å². The summed E-state index contributed by atoms with van der Waals surface area (Å²) in [6.07, 6.45) is 2.92. The molecule has 0 unspecified atom stereocenters. The number of aryl methyl sites for hydroxylation is 1. The number of benzene rings is 1. The number of carbonyl (C=O) groups excluding carboxylic acids is 2. The standard InChI is InChI=1S/C25H27ClN2O4S/c1-3-31-25(30)17-10-12-28(13-11-17)22(18-7-4-5-8-20(18)26)19-15-16(2)33-24(19)27-23(29)21-9-6-14-32-21/h4-9,14-15,17,22H,3,10-13H2,1-2H3,(H,27,29)/t22-/m0/s1. The number of likely N-dealkylation sites (tertiary alicyclic amines) is 1. The Morgan fingerprint density at radius 2 is 1.97 bits per heavy atom. The largest absolute Gasteiger partial charge is 0.466 e. The lowest BCUT2D eigenvalue weighted by Gasteiger charge is -2.37. The monoisotopic (exact) mass is 486 g/mol. The Balaban J connectivity index is 1.65. The third-order valence-electron chi connectivity index (χ3n) is 5.87. The molecule has 3 aromatic rings. The number of thiophene rings is 1. The highest BCUT2D eigenvalue weighted by molar-refractivity contribution is 7.16. The van der Waals surface area contributed by atoms with Crippen LogP contribution in [-0.2, 0) is 9.53 Å². The molecule has 174 valence electrons. The summed E-state index contributed by atoms with van der Waals surface area (Å²) in [7, 11) is 0. The first-order valence-corrected chi connectivity index (χ1v) is 12.3. The number of piperidine rings is 1. The number of carbonyl (C=O) groups is 2. The molecule has 0 saturated carbocycles. The predicted molar refractivity (Wildman–Crippen MR) is 130 cm³/mol. The van der Waals surface area contributed by atoms with E-state index in [0.717, 1.165) is 46.9 Å². The molecule has 6 nitrogen and oxygen atoms in total. The summed E-state index contributed by atoms with van der Waals surface area (Å²) >= 11 is 8.18. The summed E-state index contributed by atoms with van der Waals surface area (Å²) in [5.41, 5.74) is 1.96. The van der Waals surface area contributed by atoms with Crippen LogP contribution in [0.5, 0.6) is 0 Å². The number of hydrogen-bond donors (Lipinski definition) is 1. The molecule has 0 aliphatic carbocycles. The van der Waals surface area contributed by atoms with Gasteiger partial charge in [-0.1, -0.05) is 29.8 Å². The summed E-state index contributed by atoms with van der Waals surface area (Å²) in [5.74, 6) is -0.238. The Kier molecular flexibility index (Phi) is 7.53. The van der Waals surface area contributed by atoms with Crippen molar-refractivity contribution in [2.75, 3.05) is 25.0 Å². The quantitative estimate of drug-likeness (QED) is 0.420. The van der Waals surface area contributed by atoms with E-state index in [1.54, 1.807) is 12.1 Å². The Morgan fingerprint density at radius 3 is 2.64 bits per heavy atom. The maximum absolute atomic E-state index is 12.7. The van der Waals surface area contributed by atoms with Gasteiger partial charge in [-0.25, -0.2) is 0 Å². The second-order valence-electron chi connectivity index (χ2n) is 8.06. The van der Waals surface area contributed by atoms with Crippen LogP contribution >= 0.6 is 22.9 Å². The van der Waals surface area contributed by atoms with Gasteiger partial charge in [-0.2, -0.15) is 0 Å². The Labute approximate surface area is 202 Å². The molecular formula is C25H27ClN2O4S. The fourth-order valence-corrected chi connectivity index (χ4v) is 5.50. The number of esters is 1. The van der Waals surface area contributed by atoms with Crippen LogP contribution in [0, 0.1) is 12.8 Å². The zero-order chi connectivity index (χ0) is 23.4. The molecule has 1 aliphatic rings. The summed E-state index contributed by atoms with van der Waals surface area (Å²) < 4.78 is 10.5. The highest BCUT2D eigenvalue weighted by Gasteiger charge is 2.33. The molecule has 1 aliphatic heterocycles. The summed E-state index contributed by atoms with van der Waals surface area (Å²) in [4.78, 5) is 28.4. The third kappa shape index (κ3) is 5.32. The molecule has 4 rings (SSSR count). The molecule has 1 fully saturated rings. The van der Waals surface area contributed by atoms with Crippen molar-refractivity contribution in [3.8, 4) is 0 Å². The molecule has 0 radical (unpaired) electrons. The minimum Gasteiger partial charge on any atom is -0.466 e. The first kappa shape index (κ1) is 23.5. The van der Waals surface area contributed by atoms with Gasteiger partial charge in [0.1, 0.15) is 5.00 Å². The van der Waals surface area contributed by atoms with Crippen LogP contribution in [0.15, 0.2) is 53.1 Å². The zero-order valence-electron chi connectivity index (χ0n) is 18.7. The number of rotatable bonds is 7. The van der Waals surface area contributed by atoms with Crippen molar-refractivity contribution < 1.29 is 18.7 Å². The maximum Gasteiger partial charge on any atom is 0.309 e. The van der Waals surface area contributed by atoms with Gasteiger partial charge in [0.05, 0.1) is 24.8 Å². The van der Waals surface area contributed by atoms with E-state index in [0.29, 0.717) is 11.6 Å². The highest BCUT2D eigenvalue weighted by atomic mass is 35.5. The summed E-state index contributed by atoms with van der Waals surface area (Å²) in [6, 6.07) is 13.1. The average molecular weight is 487 g/mol. The Bertz CT molecular complexity index is 1100. The van der Waals surface area contributed by atoms with E-state index in [-0.39, 0.29) is 29.6 Å². The molecule has 2 aromatic heterocycles. The minimum atomic E-state index is -0.290. The van der Waals surface area contributed by atoms with Crippen molar-refractivity contribution in [3.05, 3.63) is 75.5 Å². The molecule has 3 heterocycles. The number of hydrogen-bond acceptors (Lipinski definition) is 6. The van der Waals surface area contributed by atoms with E-state index < -0.39 is 0 Å². The van der Waals surface area contributed by atoms with Crippen molar-refractivity contribution >= 4 is 39.8 Å². The van der Waals surface area contributed by atoms with Crippen LogP contribution in [0.2, 0.25) is 5.02 Å². The number of halogens is 1. The van der Waals surface area contributed by atoms with Crippen LogP contribution in [-0.4, -0.2) is 36.5 Å². The number of nitrogens with one attached hydrogen (secondary N) is 1. The lowest BCUT2D eigenvalue weighted by atomic mass is 9.91. The number of nitrogens with zero attached hydrogens (tertiary/aromatic N) is 1. The van der Waals surface area contributed by atoms with E-state index in [1.165, 1.54) is 17.6 Å². The molecule has 33 heavy (non-hydrogen) atoms. The van der Waals surface area contributed by atoms with Gasteiger partial charge in [0.25, 0.3) is 5.91 Å². The third-order valence-corrected chi connectivity index (χ3v) is 7.19. The summed E-state index contributed by atoms with van der Waals surface area (Å²) in [5, 5.41) is 4.47. The number of anilines is 1. The van der Waals surface area contributed by atoms with Crippen LogP contribution in [0.3, 0.4) is 0 Å². The van der Waals surface area contributed by atoms with E-state index in [2.05, 4.69) is 16.3 Å². The van der Waals surface area contributed by atoms with Crippen molar-refractivity contribution in [1.82, 2.24) is 4.90 Å². The predicted octanol–water partition coefficient (Wildman–Crippen LogP) is 5.92. The normalized spacial score (nSPS) is 15.8. The molecular weight excluding hydrogens is 460 g/mol. The molecule has 0 bridgehead atoms. The molecule has 0 spiro atoms. The fourth-order valence-electron chi connectivity index (χ4n) is 4.32. The molecule has 1 amide bonds. The number of amides is 1. The second kappa shape index (κ2) is 10.5. The van der Waals surface area contributed by atoms with Gasteiger partial charge < -0.3 is 14.5 Å². The van der Waals surface area contributed by atoms with Gasteiger partial charge in [-0.3, -0.25) is 14.5 Å². The van der Waals surface area contributed by atoms with Gasteiger partial charge in [0.2, 0.25) is 0 Å². The number of ether oxygens (including phenoxy) is 1. The molecule has 8 heteroatoms. The maximum atomic E-state index is 12.7. The smallest absolute Gasteiger partial charge is 0.309 e. The van der Waals surface area contributed by atoms with Crippen LogP contribution in [0.25, 0.3) is 0 Å². The highest BCUT2D eigenvalue weighted by Crippen LogP contribution is 2.42. The summed E-state index contributed by atoms with van der Waals surface area (Å²) in [6.45, 7) is 5.69. The second-order valence-corrected chi connectivity index (χ2v) is 9.72. The molecule has 1 aromatic carbocycles. The van der Waals surface area contributed by atoms with Crippen LogP contribution in [0.1, 0.15) is 52.4 Å². The van der Waals surface area contributed by atoms with E-state index in [1.807, 2.05) is 38.1 Å². The fraction of sp³-hybridized carbons (Fsp3) is 0.360. The van der Waals surface area contributed by atoms with Crippen molar-refractivity contribution in [1.29, 1.82) is 0 Å². The molecule has 1 N–H and O–H groups in total. The first-order chi connectivity index (χ1) is 16.0. The van der Waals surface area contributed by atoms with E-state index >= 15 is 0 Å². The van der Waals surface area contributed by atoms with Gasteiger partial charge in [-0.05, 0) is 69.6 Å². The first-order valence-electron chi connectivity index (χ1n) is 11.1. The van der Waals surface area contributed by atoms with Gasteiger partial charge in [0.15, 0.2) is 5.76 Å². The lowest BCUT2D eigenvalue weighted by Crippen LogP contribution is -2.39. The van der Waals surface area contributed by atoms with Gasteiger partial charge in [-0.15, -0.1) is 11.3 Å². The number of furan rings is 1.